The second-order valence-electron chi connectivity index (χ2n) is 18.3. The lowest BCUT2D eigenvalue weighted by Gasteiger charge is -2.35. The van der Waals surface area contributed by atoms with E-state index in [1.165, 1.54) is 100 Å². The van der Waals surface area contributed by atoms with E-state index in [2.05, 4.69) is 233 Å². The molecule has 3 aliphatic carbocycles. The lowest BCUT2D eigenvalue weighted by molar-refractivity contribution is 0.766. The Balaban J connectivity index is 1.12. The molecule has 0 bridgehead atoms. The van der Waals surface area contributed by atoms with Gasteiger partial charge in [-0.3, -0.25) is 0 Å². The van der Waals surface area contributed by atoms with Gasteiger partial charge in [0.1, 0.15) is 0 Å². The summed E-state index contributed by atoms with van der Waals surface area (Å²) in [6, 6.07) is 77.4. The van der Waals surface area contributed by atoms with E-state index in [0.717, 1.165) is 42.7 Å². The van der Waals surface area contributed by atoms with Crippen molar-refractivity contribution in [1.82, 2.24) is 0 Å². The predicted octanol–water partition coefficient (Wildman–Crippen LogP) is 16.1. The number of anilines is 3. The highest BCUT2D eigenvalue weighted by atomic mass is 15.1. The van der Waals surface area contributed by atoms with Crippen LogP contribution in [0, 0.1) is 0 Å². The molecular weight excluding hydrogens is 783 g/mol. The SMILES string of the molecule is CCc1ccc(C2(c3ccc(CC)cc3)c3ccccc3-c3ccc(N(c4ccccc4)c4ccc5c(c4)C4(c6ccccc6-5)c5ccc(CC)cc5-c5cc(CC)ccc54)cc32)cc1. The summed E-state index contributed by atoms with van der Waals surface area (Å²) in [5.74, 6) is 0. The molecule has 9 aromatic rings. The highest BCUT2D eigenvalue weighted by Gasteiger charge is 2.52. The Hall–Kier alpha value is -7.22. The summed E-state index contributed by atoms with van der Waals surface area (Å²) in [4.78, 5) is 2.50. The summed E-state index contributed by atoms with van der Waals surface area (Å²) >= 11 is 0. The second kappa shape index (κ2) is 15.2. The van der Waals surface area contributed by atoms with Crippen LogP contribution in [0.5, 0.6) is 0 Å². The van der Waals surface area contributed by atoms with Crippen molar-refractivity contribution >= 4 is 17.1 Å². The Morgan fingerprint density at radius 3 is 1.14 bits per heavy atom. The zero-order chi connectivity index (χ0) is 43.9. The lowest BCUT2D eigenvalue weighted by atomic mass is 9.67. The van der Waals surface area contributed by atoms with Crippen LogP contribution in [0.1, 0.15) is 94.5 Å². The quantitative estimate of drug-likeness (QED) is 0.140. The molecule has 1 nitrogen and oxygen atoms in total. The molecule has 314 valence electrons. The van der Waals surface area contributed by atoms with E-state index in [1.807, 2.05) is 0 Å². The number of benzene rings is 9. The van der Waals surface area contributed by atoms with Gasteiger partial charge in [-0.1, -0.05) is 191 Å². The Bertz CT molecular complexity index is 3100. The Labute approximate surface area is 384 Å². The van der Waals surface area contributed by atoms with Gasteiger partial charge in [0.2, 0.25) is 0 Å². The first-order chi connectivity index (χ1) is 32.0. The summed E-state index contributed by atoms with van der Waals surface area (Å²) in [6.45, 7) is 9.03. The van der Waals surface area contributed by atoms with E-state index >= 15 is 0 Å². The van der Waals surface area contributed by atoms with Crippen molar-refractivity contribution in [3.63, 3.8) is 0 Å². The van der Waals surface area contributed by atoms with Crippen LogP contribution in [-0.4, -0.2) is 0 Å². The van der Waals surface area contributed by atoms with Crippen molar-refractivity contribution in [2.45, 2.75) is 64.2 Å². The monoisotopic (exact) mass is 835 g/mol. The van der Waals surface area contributed by atoms with E-state index in [1.54, 1.807) is 0 Å². The summed E-state index contributed by atoms with van der Waals surface area (Å²) in [7, 11) is 0. The molecule has 0 radical (unpaired) electrons. The van der Waals surface area contributed by atoms with Crippen LogP contribution < -0.4 is 4.90 Å². The van der Waals surface area contributed by atoms with Crippen LogP contribution in [0.15, 0.2) is 200 Å². The van der Waals surface area contributed by atoms with Crippen molar-refractivity contribution in [3.8, 4) is 33.4 Å². The molecule has 0 N–H and O–H groups in total. The molecule has 0 heterocycles. The van der Waals surface area contributed by atoms with Crippen LogP contribution in [0.3, 0.4) is 0 Å². The molecule has 3 aliphatic rings. The Morgan fingerprint density at radius 1 is 0.277 bits per heavy atom. The molecule has 0 saturated heterocycles. The van der Waals surface area contributed by atoms with Gasteiger partial charge in [0.25, 0.3) is 0 Å². The van der Waals surface area contributed by atoms with Gasteiger partial charge in [-0.2, -0.15) is 0 Å². The maximum absolute atomic E-state index is 2.53. The van der Waals surface area contributed by atoms with E-state index in [4.69, 9.17) is 0 Å². The van der Waals surface area contributed by atoms with E-state index in [-0.39, 0.29) is 0 Å². The summed E-state index contributed by atoms with van der Waals surface area (Å²) in [5, 5.41) is 0. The van der Waals surface area contributed by atoms with Crippen molar-refractivity contribution in [2.75, 3.05) is 4.90 Å². The van der Waals surface area contributed by atoms with Gasteiger partial charge in [0.15, 0.2) is 0 Å². The van der Waals surface area contributed by atoms with E-state index in [9.17, 15) is 0 Å². The average molecular weight is 836 g/mol. The van der Waals surface area contributed by atoms with Gasteiger partial charge < -0.3 is 4.90 Å². The summed E-state index contributed by atoms with van der Waals surface area (Å²) < 4.78 is 0. The molecule has 9 aromatic carbocycles. The molecule has 0 aromatic heterocycles. The molecular formula is C64H53N. The molecule has 0 unspecified atom stereocenters. The molecule has 65 heavy (non-hydrogen) atoms. The van der Waals surface area contributed by atoms with Gasteiger partial charge in [0.05, 0.1) is 10.8 Å². The van der Waals surface area contributed by atoms with Crippen LogP contribution in [0.25, 0.3) is 33.4 Å². The zero-order valence-corrected chi connectivity index (χ0v) is 37.8. The number of hydrogen-bond donors (Lipinski definition) is 0. The number of hydrogen-bond acceptors (Lipinski definition) is 1. The summed E-state index contributed by atoms with van der Waals surface area (Å²) in [5.41, 5.74) is 26.6. The first-order valence-corrected chi connectivity index (χ1v) is 23.8. The highest BCUT2D eigenvalue weighted by molar-refractivity contribution is 5.97. The minimum Gasteiger partial charge on any atom is -0.310 e. The molecule has 12 rings (SSSR count). The first-order valence-electron chi connectivity index (χ1n) is 23.8. The number of nitrogens with zero attached hydrogens (tertiary/aromatic N) is 1. The van der Waals surface area contributed by atoms with Gasteiger partial charge in [-0.15, -0.1) is 0 Å². The normalized spacial score (nSPS) is 14.0. The number of para-hydroxylation sites is 1. The number of fused-ring (bicyclic) bond motifs is 13. The molecule has 0 aliphatic heterocycles. The molecule has 0 fully saturated rings. The third-order valence-electron chi connectivity index (χ3n) is 15.3. The van der Waals surface area contributed by atoms with Crippen molar-refractivity contribution in [2.24, 2.45) is 0 Å². The maximum atomic E-state index is 2.53. The van der Waals surface area contributed by atoms with Crippen LogP contribution in [-0.2, 0) is 36.5 Å². The topological polar surface area (TPSA) is 3.24 Å². The minimum absolute atomic E-state index is 0.447. The standard InChI is InChI=1S/C64H53N/c1-5-42-22-28-46(29-23-42)63(47-30-24-43(6-2)25-31-47)57-20-14-12-18-51(57)53-34-32-49(40-61(53)63)65(48-16-10-9-11-17-48)50-33-35-54-52-19-13-15-21-58(52)64(62(54)41-50)59-36-26-44(7-3)38-55(59)56-39-45(8-4)27-37-60(56)64/h9-41H,5-8H2,1-4H3. The van der Waals surface area contributed by atoms with Crippen molar-refractivity contribution in [1.29, 1.82) is 0 Å². The Kier molecular flexibility index (Phi) is 9.21. The third kappa shape index (κ3) is 5.58. The van der Waals surface area contributed by atoms with Crippen molar-refractivity contribution < 1.29 is 0 Å². The maximum Gasteiger partial charge on any atom is 0.0726 e. The largest absolute Gasteiger partial charge is 0.310 e. The predicted molar refractivity (Wildman–Crippen MR) is 272 cm³/mol. The molecule has 1 heteroatoms. The van der Waals surface area contributed by atoms with Gasteiger partial charge in [-0.25, -0.2) is 0 Å². The number of aryl methyl sites for hydroxylation is 4. The fourth-order valence-electron chi connectivity index (χ4n) is 12.1. The van der Waals surface area contributed by atoms with Crippen LogP contribution in [0.2, 0.25) is 0 Å². The van der Waals surface area contributed by atoms with Crippen LogP contribution >= 0.6 is 0 Å². The van der Waals surface area contributed by atoms with Gasteiger partial charge >= 0.3 is 0 Å². The zero-order valence-electron chi connectivity index (χ0n) is 37.8. The fourth-order valence-corrected chi connectivity index (χ4v) is 12.1. The summed E-state index contributed by atoms with van der Waals surface area (Å²) in [6.07, 6.45) is 4.03. The van der Waals surface area contributed by atoms with E-state index < -0.39 is 10.8 Å². The number of rotatable bonds is 9. The molecule has 1 spiro atoms. The van der Waals surface area contributed by atoms with Crippen LogP contribution in [0.4, 0.5) is 17.1 Å². The second-order valence-corrected chi connectivity index (χ2v) is 18.3. The molecule has 0 atom stereocenters. The van der Waals surface area contributed by atoms with Crippen molar-refractivity contribution in [3.05, 3.63) is 267 Å². The van der Waals surface area contributed by atoms with Gasteiger partial charge in [-0.05, 0) is 162 Å². The molecule has 0 amide bonds. The third-order valence-corrected chi connectivity index (χ3v) is 15.3. The van der Waals surface area contributed by atoms with Gasteiger partial charge in [0, 0.05) is 17.1 Å². The highest BCUT2D eigenvalue weighted by Crippen LogP contribution is 2.64. The Morgan fingerprint density at radius 2 is 0.662 bits per heavy atom. The fraction of sp³-hybridized carbons (Fsp3) is 0.156. The smallest absolute Gasteiger partial charge is 0.0726 e. The average Bonchev–Trinajstić information content (AvgIpc) is 3.95. The molecule has 0 saturated carbocycles. The lowest BCUT2D eigenvalue weighted by Crippen LogP contribution is -2.29. The van der Waals surface area contributed by atoms with E-state index in [0.29, 0.717) is 0 Å². The minimum atomic E-state index is -0.515. The first kappa shape index (κ1) is 39.4.